The van der Waals surface area contributed by atoms with E-state index in [1.165, 1.54) is 49.6 Å². The van der Waals surface area contributed by atoms with Crippen molar-refractivity contribution in [2.24, 2.45) is 0 Å². The van der Waals surface area contributed by atoms with E-state index in [9.17, 15) is 23.1 Å². The van der Waals surface area contributed by atoms with Crippen molar-refractivity contribution in [3.63, 3.8) is 0 Å². The molecule has 0 radical (unpaired) electrons. The molecule has 28 heavy (non-hydrogen) atoms. The fraction of sp³-hybridized carbons (Fsp3) is 0.158. The number of carboxylic acid groups (broad SMARTS) is 1. The van der Waals surface area contributed by atoms with E-state index in [1.807, 2.05) is 0 Å². The van der Waals surface area contributed by atoms with E-state index in [0.717, 1.165) is 0 Å². The number of carbonyl (C=O) groups excluding carboxylic acids is 1. The Bertz CT molecular complexity index is 995. The zero-order chi connectivity index (χ0) is 20.7. The zero-order valence-corrected chi connectivity index (χ0v) is 15.8. The van der Waals surface area contributed by atoms with Crippen molar-refractivity contribution < 1.29 is 33.0 Å². The maximum Gasteiger partial charge on any atom is 0.304 e. The predicted octanol–water partition coefficient (Wildman–Crippen LogP) is 2.05. The Kier molecular flexibility index (Phi) is 6.91. The molecule has 0 spiro atoms. The number of hydrogen-bond acceptors (Lipinski definition) is 6. The summed E-state index contributed by atoms with van der Waals surface area (Å²) in [6.07, 6.45) is 2.48. The summed E-state index contributed by atoms with van der Waals surface area (Å²) in [6, 6.07) is 9.94. The number of phenolic OH excluding ortho intramolecular Hbond substituents is 1. The van der Waals surface area contributed by atoms with Gasteiger partial charge >= 0.3 is 5.97 Å². The number of aromatic hydroxyl groups is 1. The lowest BCUT2D eigenvalue weighted by Crippen LogP contribution is -2.26. The van der Waals surface area contributed by atoms with Gasteiger partial charge < -0.3 is 14.9 Å². The Labute approximate surface area is 162 Å². The first-order chi connectivity index (χ1) is 13.2. The molecule has 0 fully saturated rings. The van der Waals surface area contributed by atoms with Crippen LogP contribution in [0.3, 0.4) is 0 Å². The number of allylic oxidation sites excluding steroid dienone is 1. The summed E-state index contributed by atoms with van der Waals surface area (Å²) in [5.41, 5.74) is 0.868. The van der Waals surface area contributed by atoms with E-state index >= 15 is 0 Å². The highest BCUT2D eigenvalue weighted by molar-refractivity contribution is 7.89. The smallest absolute Gasteiger partial charge is 0.304 e. The first-order valence-corrected chi connectivity index (χ1v) is 9.62. The van der Waals surface area contributed by atoms with Crippen LogP contribution in [-0.2, 0) is 14.8 Å². The van der Waals surface area contributed by atoms with Crippen LogP contribution in [0.1, 0.15) is 22.3 Å². The number of carboxylic acids is 1. The number of sulfonamides is 1. The Morgan fingerprint density at radius 1 is 1.14 bits per heavy atom. The number of aliphatic carboxylic acids is 1. The highest BCUT2D eigenvalue weighted by Crippen LogP contribution is 2.26. The number of phenols is 1. The van der Waals surface area contributed by atoms with Crippen molar-refractivity contribution in [3.8, 4) is 11.5 Å². The van der Waals surface area contributed by atoms with Crippen LogP contribution < -0.4 is 9.46 Å². The highest BCUT2D eigenvalue weighted by Gasteiger charge is 2.14. The molecule has 0 saturated carbocycles. The van der Waals surface area contributed by atoms with Crippen molar-refractivity contribution >= 4 is 27.9 Å². The molecule has 3 N–H and O–H groups in total. The van der Waals surface area contributed by atoms with E-state index in [2.05, 4.69) is 4.72 Å². The molecule has 0 atom stereocenters. The molecule has 0 aliphatic carbocycles. The zero-order valence-electron chi connectivity index (χ0n) is 15.0. The van der Waals surface area contributed by atoms with Crippen LogP contribution in [0.2, 0.25) is 0 Å². The van der Waals surface area contributed by atoms with Crippen LogP contribution in [-0.4, -0.2) is 44.0 Å². The van der Waals surface area contributed by atoms with Crippen LogP contribution in [0.25, 0.3) is 6.08 Å². The van der Waals surface area contributed by atoms with Crippen molar-refractivity contribution in [3.05, 3.63) is 59.7 Å². The lowest BCUT2D eigenvalue weighted by atomic mass is 10.1. The normalized spacial score (nSPS) is 11.5. The van der Waals surface area contributed by atoms with Crippen molar-refractivity contribution in [1.29, 1.82) is 0 Å². The number of methoxy groups -OCH3 is 1. The molecule has 9 heteroatoms. The minimum absolute atomic E-state index is 0.0537. The molecule has 2 aromatic carbocycles. The topological polar surface area (TPSA) is 130 Å². The molecular formula is C19H19NO7S. The van der Waals surface area contributed by atoms with Crippen LogP contribution >= 0.6 is 0 Å². The van der Waals surface area contributed by atoms with Gasteiger partial charge in [0.25, 0.3) is 0 Å². The first kappa shape index (κ1) is 21.1. The molecule has 0 saturated heterocycles. The van der Waals surface area contributed by atoms with Crippen LogP contribution in [0.5, 0.6) is 11.5 Å². The van der Waals surface area contributed by atoms with E-state index in [0.29, 0.717) is 11.3 Å². The molecule has 0 aromatic heterocycles. The van der Waals surface area contributed by atoms with Crippen molar-refractivity contribution in [2.75, 3.05) is 13.7 Å². The number of hydrogen-bond donors (Lipinski definition) is 3. The Balaban J connectivity index is 2.07. The van der Waals surface area contributed by atoms with Gasteiger partial charge in [-0.25, -0.2) is 13.1 Å². The summed E-state index contributed by atoms with van der Waals surface area (Å²) in [5.74, 6) is -1.20. The summed E-state index contributed by atoms with van der Waals surface area (Å²) in [5, 5.41) is 18.3. The fourth-order valence-corrected chi connectivity index (χ4v) is 3.28. The number of ketones is 1. The molecule has 2 rings (SSSR count). The second kappa shape index (κ2) is 9.16. The van der Waals surface area contributed by atoms with E-state index < -0.39 is 16.0 Å². The van der Waals surface area contributed by atoms with Gasteiger partial charge in [-0.3, -0.25) is 9.59 Å². The average molecular weight is 405 g/mol. The summed E-state index contributed by atoms with van der Waals surface area (Å²) in [7, 11) is -2.42. The third-order valence-electron chi connectivity index (χ3n) is 3.71. The van der Waals surface area contributed by atoms with Crippen LogP contribution in [0.4, 0.5) is 0 Å². The van der Waals surface area contributed by atoms with E-state index in [-0.39, 0.29) is 35.0 Å². The molecular weight excluding hydrogens is 386 g/mol. The van der Waals surface area contributed by atoms with Gasteiger partial charge in [0.05, 0.1) is 18.4 Å². The number of rotatable bonds is 9. The number of benzene rings is 2. The molecule has 0 unspecified atom stereocenters. The average Bonchev–Trinajstić information content (AvgIpc) is 2.66. The number of nitrogens with one attached hydrogen (secondary N) is 1. The largest absolute Gasteiger partial charge is 0.504 e. The van der Waals surface area contributed by atoms with E-state index in [4.69, 9.17) is 9.84 Å². The molecule has 148 valence electrons. The standard InChI is InChI=1S/C19H19NO7S/c1-27-18-9-3-13(12-17(18)22)2-8-16(21)14-4-6-15(7-5-14)28(25,26)20-11-10-19(23)24/h2-9,12,20,22H,10-11H2,1H3,(H,23,24)/b8-2+. The SMILES string of the molecule is COc1ccc(/C=C/C(=O)c2ccc(S(=O)(=O)NCCC(=O)O)cc2)cc1O. The van der Waals surface area contributed by atoms with Crippen LogP contribution in [0.15, 0.2) is 53.4 Å². The lowest BCUT2D eigenvalue weighted by Gasteiger charge is -2.06. The Morgan fingerprint density at radius 3 is 2.39 bits per heavy atom. The minimum Gasteiger partial charge on any atom is -0.504 e. The number of ether oxygens (including phenoxy) is 1. The number of carbonyl (C=O) groups is 2. The minimum atomic E-state index is -3.85. The quantitative estimate of drug-likeness (QED) is 0.430. The third-order valence-corrected chi connectivity index (χ3v) is 5.19. The predicted molar refractivity (Wildman–Crippen MR) is 102 cm³/mol. The Morgan fingerprint density at radius 2 is 1.82 bits per heavy atom. The monoisotopic (exact) mass is 405 g/mol. The van der Waals surface area contributed by atoms with Gasteiger partial charge in [-0.1, -0.05) is 12.1 Å². The lowest BCUT2D eigenvalue weighted by molar-refractivity contribution is -0.136. The Hall–Kier alpha value is -3.17. The molecule has 0 bridgehead atoms. The third kappa shape index (κ3) is 5.66. The summed E-state index contributed by atoms with van der Waals surface area (Å²) in [6.45, 7) is -0.226. The van der Waals surface area contributed by atoms with Gasteiger partial charge in [0.15, 0.2) is 17.3 Å². The van der Waals surface area contributed by atoms with Gasteiger partial charge in [0.2, 0.25) is 10.0 Å². The van der Waals surface area contributed by atoms with E-state index in [1.54, 1.807) is 12.1 Å². The van der Waals surface area contributed by atoms with Gasteiger partial charge in [-0.05, 0) is 48.0 Å². The van der Waals surface area contributed by atoms with Crippen molar-refractivity contribution in [1.82, 2.24) is 4.72 Å². The molecule has 0 heterocycles. The molecule has 0 aliphatic heterocycles. The fourth-order valence-electron chi connectivity index (χ4n) is 2.25. The maximum absolute atomic E-state index is 12.2. The van der Waals surface area contributed by atoms with Gasteiger partial charge in [-0.2, -0.15) is 0 Å². The summed E-state index contributed by atoms with van der Waals surface area (Å²) in [4.78, 5) is 22.6. The summed E-state index contributed by atoms with van der Waals surface area (Å²) < 4.78 is 31.2. The second-order valence-corrected chi connectivity index (χ2v) is 7.46. The maximum atomic E-state index is 12.2. The molecule has 8 nitrogen and oxygen atoms in total. The van der Waals surface area contributed by atoms with Crippen molar-refractivity contribution in [2.45, 2.75) is 11.3 Å². The van der Waals surface area contributed by atoms with Gasteiger partial charge in [-0.15, -0.1) is 0 Å². The first-order valence-electron chi connectivity index (χ1n) is 8.14. The van der Waals surface area contributed by atoms with Crippen LogP contribution in [0, 0.1) is 0 Å². The molecule has 0 aliphatic rings. The second-order valence-electron chi connectivity index (χ2n) is 5.69. The van der Waals surface area contributed by atoms with Gasteiger partial charge in [0.1, 0.15) is 0 Å². The highest BCUT2D eigenvalue weighted by atomic mass is 32.2. The van der Waals surface area contributed by atoms with Gasteiger partial charge in [0, 0.05) is 12.1 Å². The molecule has 2 aromatic rings. The summed E-state index contributed by atoms with van der Waals surface area (Å²) >= 11 is 0. The molecule has 0 amide bonds.